The van der Waals surface area contributed by atoms with E-state index >= 15 is 0 Å². The maximum Gasteiger partial charge on any atom is 0.0543 e. The van der Waals surface area contributed by atoms with Gasteiger partial charge in [0.1, 0.15) is 0 Å². The highest BCUT2D eigenvalue weighted by Gasteiger charge is 2.39. The van der Waals surface area contributed by atoms with Crippen LogP contribution in [0, 0.1) is 0 Å². The minimum atomic E-state index is -0.109. The van der Waals surface area contributed by atoms with Crippen molar-refractivity contribution in [2.45, 2.75) is 38.5 Å². The van der Waals surface area contributed by atoms with Crippen LogP contribution in [0.5, 0.6) is 0 Å². The van der Waals surface area contributed by atoms with Crippen LogP contribution >= 0.6 is 11.3 Å². The van der Waals surface area contributed by atoms with Gasteiger partial charge in [-0.3, -0.25) is 0 Å². The Morgan fingerprint density at radius 3 is 1.64 bits per heavy atom. The first kappa shape index (κ1) is 33.1. The van der Waals surface area contributed by atoms with E-state index in [4.69, 9.17) is 0 Å². The summed E-state index contributed by atoms with van der Waals surface area (Å²) in [6.07, 6.45) is 0. The lowest BCUT2D eigenvalue weighted by atomic mass is 9.82. The zero-order valence-corrected chi connectivity index (χ0v) is 32.9. The predicted molar refractivity (Wildman–Crippen MR) is 240 cm³/mol. The minimum absolute atomic E-state index is 0.0599. The van der Waals surface area contributed by atoms with Crippen molar-refractivity contribution in [1.82, 2.24) is 0 Å². The molecule has 1 heterocycles. The lowest BCUT2D eigenvalue weighted by Crippen LogP contribution is -2.16. The Hall–Kier alpha value is -6.22. The highest BCUT2D eigenvalue weighted by molar-refractivity contribution is 7.25. The summed E-state index contributed by atoms with van der Waals surface area (Å²) in [5.74, 6) is 0. The summed E-state index contributed by atoms with van der Waals surface area (Å²) in [5.41, 5.74) is 19.1. The summed E-state index contributed by atoms with van der Waals surface area (Å²) in [4.78, 5) is 2.50. The molecule has 56 heavy (non-hydrogen) atoms. The van der Waals surface area contributed by atoms with E-state index < -0.39 is 0 Å². The Kier molecular flexibility index (Phi) is 7.18. The molecule has 0 unspecified atom stereocenters. The summed E-state index contributed by atoms with van der Waals surface area (Å²) < 4.78 is 2.65. The largest absolute Gasteiger partial charge is 0.310 e. The molecule has 11 rings (SSSR count). The molecule has 0 fully saturated rings. The Morgan fingerprint density at radius 1 is 0.375 bits per heavy atom. The van der Waals surface area contributed by atoms with Gasteiger partial charge in [0, 0.05) is 47.9 Å². The number of anilines is 3. The molecule has 0 radical (unpaired) electrons. The average molecular weight is 736 g/mol. The fourth-order valence-corrected chi connectivity index (χ4v) is 11.0. The van der Waals surface area contributed by atoms with E-state index in [9.17, 15) is 0 Å². The molecule has 0 saturated heterocycles. The van der Waals surface area contributed by atoms with Crippen LogP contribution < -0.4 is 4.90 Å². The number of hydrogen-bond donors (Lipinski definition) is 0. The number of hydrogen-bond acceptors (Lipinski definition) is 2. The molecule has 0 amide bonds. The number of benzene rings is 8. The third kappa shape index (κ3) is 4.79. The van der Waals surface area contributed by atoms with Crippen LogP contribution in [0.15, 0.2) is 176 Å². The third-order valence-electron chi connectivity index (χ3n) is 12.7. The van der Waals surface area contributed by atoms with Gasteiger partial charge in [-0.1, -0.05) is 161 Å². The van der Waals surface area contributed by atoms with Gasteiger partial charge in [-0.15, -0.1) is 11.3 Å². The van der Waals surface area contributed by atoms with Crippen LogP contribution in [0.1, 0.15) is 49.9 Å². The Morgan fingerprint density at radius 2 is 0.893 bits per heavy atom. The van der Waals surface area contributed by atoms with E-state index in [1.165, 1.54) is 92.6 Å². The van der Waals surface area contributed by atoms with Crippen molar-refractivity contribution in [3.63, 3.8) is 0 Å². The Labute approximate surface area is 333 Å². The van der Waals surface area contributed by atoms with Crippen LogP contribution in [-0.4, -0.2) is 0 Å². The molecule has 2 heteroatoms. The summed E-state index contributed by atoms with van der Waals surface area (Å²) in [7, 11) is 0. The van der Waals surface area contributed by atoms with Crippen LogP contribution in [0.2, 0.25) is 0 Å². The second-order valence-electron chi connectivity index (χ2n) is 16.5. The van der Waals surface area contributed by atoms with Crippen LogP contribution in [0.4, 0.5) is 17.1 Å². The van der Waals surface area contributed by atoms with Crippen molar-refractivity contribution in [2.75, 3.05) is 4.90 Å². The van der Waals surface area contributed by atoms with Crippen LogP contribution in [0.25, 0.3) is 64.7 Å². The molecule has 1 nitrogen and oxygen atoms in total. The number of thiophene rings is 1. The van der Waals surface area contributed by atoms with Gasteiger partial charge in [-0.25, -0.2) is 0 Å². The molecule has 0 spiro atoms. The molecule has 2 aliphatic carbocycles. The van der Waals surface area contributed by atoms with E-state index in [0.29, 0.717) is 0 Å². The first-order valence-electron chi connectivity index (χ1n) is 19.7. The molecule has 2 aliphatic rings. The van der Waals surface area contributed by atoms with Gasteiger partial charge in [0.15, 0.2) is 0 Å². The van der Waals surface area contributed by atoms with Crippen molar-refractivity contribution >= 4 is 48.6 Å². The lowest BCUT2D eigenvalue weighted by molar-refractivity contribution is 0.660. The molecular formula is C54H41NS. The first-order chi connectivity index (χ1) is 27.3. The number of nitrogens with zero attached hydrogens (tertiary/aromatic N) is 1. The van der Waals surface area contributed by atoms with Crippen molar-refractivity contribution < 1.29 is 0 Å². The summed E-state index contributed by atoms with van der Waals surface area (Å²) in [6, 6.07) is 65.8. The molecule has 1 aromatic heterocycles. The first-order valence-corrected chi connectivity index (χ1v) is 20.5. The zero-order chi connectivity index (χ0) is 37.8. The minimum Gasteiger partial charge on any atom is -0.310 e. The maximum absolute atomic E-state index is 2.50. The van der Waals surface area contributed by atoms with Gasteiger partial charge in [0.05, 0.1) is 5.69 Å². The highest BCUT2D eigenvalue weighted by Crippen LogP contribution is 2.55. The third-order valence-corrected chi connectivity index (χ3v) is 13.8. The van der Waals surface area contributed by atoms with E-state index in [1.54, 1.807) is 0 Å². The fourth-order valence-electron chi connectivity index (χ4n) is 9.89. The van der Waals surface area contributed by atoms with Gasteiger partial charge in [0.2, 0.25) is 0 Å². The SMILES string of the molecule is CC1(C)c2ccccc2-c2c(-c3cccc(N(c4cccc(-c5ccc6c(c5)sc5ccccc56)c4)c4cccc5c4-c4ccccc4C5(C)C)c3)cccc21. The second kappa shape index (κ2) is 12.1. The van der Waals surface area contributed by atoms with Crippen LogP contribution in [0.3, 0.4) is 0 Å². The normalized spacial score (nSPS) is 14.4. The standard InChI is InChI=1S/C54H41NS/c1-53(2)44-23-8-5-20-42(44)51-39(22-13-25-46(51)53)36-16-12-18-38(32-36)55(48-27-14-26-47-52(48)43-21-6-9-24-45(43)54(47,3)4)37-17-11-15-34(31-37)35-29-30-41-40-19-7-10-28-49(40)56-50(41)33-35/h5-33H,1-4H3. The van der Waals surface area contributed by atoms with Crippen LogP contribution in [-0.2, 0) is 10.8 Å². The number of rotatable bonds is 5. The Bertz CT molecular complexity index is 3050. The highest BCUT2D eigenvalue weighted by atomic mass is 32.1. The van der Waals surface area contributed by atoms with Gasteiger partial charge in [0.25, 0.3) is 0 Å². The average Bonchev–Trinajstić information content (AvgIpc) is 3.81. The van der Waals surface area contributed by atoms with E-state index in [2.05, 4.69) is 209 Å². The van der Waals surface area contributed by atoms with Crippen molar-refractivity contribution in [1.29, 1.82) is 0 Å². The van der Waals surface area contributed by atoms with Gasteiger partial charge in [-0.05, 0) is 104 Å². The smallest absolute Gasteiger partial charge is 0.0543 e. The van der Waals surface area contributed by atoms with Crippen molar-refractivity contribution in [3.8, 4) is 44.5 Å². The lowest BCUT2D eigenvalue weighted by Gasteiger charge is -2.29. The van der Waals surface area contributed by atoms with Gasteiger partial charge in [-0.2, -0.15) is 0 Å². The summed E-state index contributed by atoms with van der Waals surface area (Å²) in [5, 5.41) is 2.65. The monoisotopic (exact) mass is 735 g/mol. The molecule has 9 aromatic rings. The molecule has 0 N–H and O–H groups in total. The molecule has 268 valence electrons. The fraction of sp³-hybridized carbons (Fsp3) is 0.111. The molecule has 0 atom stereocenters. The second-order valence-corrected chi connectivity index (χ2v) is 17.6. The molecule has 8 aromatic carbocycles. The van der Waals surface area contributed by atoms with Crippen molar-refractivity contribution in [3.05, 3.63) is 198 Å². The van der Waals surface area contributed by atoms with Gasteiger partial charge < -0.3 is 4.90 Å². The summed E-state index contributed by atoms with van der Waals surface area (Å²) in [6.45, 7) is 9.46. The topological polar surface area (TPSA) is 3.24 Å². The predicted octanol–water partition coefficient (Wildman–Crippen LogP) is 15.5. The molecule has 0 bridgehead atoms. The molecule has 0 saturated carbocycles. The van der Waals surface area contributed by atoms with E-state index in [-0.39, 0.29) is 10.8 Å². The van der Waals surface area contributed by atoms with E-state index in [1.807, 2.05) is 11.3 Å². The summed E-state index contributed by atoms with van der Waals surface area (Å²) >= 11 is 1.87. The zero-order valence-electron chi connectivity index (χ0n) is 32.1. The Balaban J connectivity index is 1.12. The van der Waals surface area contributed by atoms with Crippen molar-refractivity contribution in [2.24, 2.45) is 0 Å². The van der Waals surface area contributed by atoms with Gasteiger partial charge >= 0.3 is 0 Å². The maximum atomic E-state index is 2.50. The quantitative estimate of drug-likeness (QED) is 0.170. The molecular weight excluding hydrogens is 695 g/mol. The van der Waals surface area contributed by atoms with E-state index in [0.717, 1.165) is 11.4 Å². The number of fused-ring (bicyclic) bond motifs is 9. The molecule has 0 aliphatic heterocycles.